The molecule has 1 aliphatic heterocycles. The van der Waals surface area contributed by atoms with Crippen LogP contribution < -0.4 is 5.32 Å². The van der Waals surface area contributed by atoms with Gasteiger partial charge in [-0.3, -0.25) is 0 Å². The van der Waals surface area contributed by atoms with E-state index in [4.69, 9.17) is 0 Å². The van der Waals surface area contributed by atoms with Gasteiger partial charge >= 0.3 is 0 Å². The van der Waals surface area contributed by atoms with Crippen molar-refractivity contribution in [1.82, 2.24) is 20.1 Å². The van der Waals surface area contributed by atoms with Crippen LogP contribution in [0.2, 0.25) is 0 Å². The zero-order chi connectivity index (χ0) is 13.2. The second kappa shape index (κ2) is 5.61. The number of aryl methyl sites for hydroxylation is 1. The predicted octanol–water partition coefficient (Wildman–Crippen LogP) is 2.80. The lowest BCUT2D eigenvalue weighted by Crippen LogP contribution is -2.33. The highest BCUT2D eigenvalue weighted by Crippen LogP contribution is 2.36. The van der Waals surface area contributed by atoms with Gasteiger partial charge in [0.15, 0.2) is 0 Å². The van der Waals surface area contributed by atoms with Crippen molar-refractivity contribution in [2.75, 3.05) is 13.1 Å². The molecule has 1 aliphatic carbocycles. The van der Waals surface area contributed by atoms with Crippen molar-refractivity contribution in [2.45, 2.75) is 64.3 Å². The Bertz CT molecular complexity index is 412. The van der Waals surface area contributed by atoms with Crippen LogP contribution in [0, 0.1) is 12.8 Å². The van der Waals surface area contributed by atoms with Crippen molar-refractivity contribution in [2.24, 2.45) is 5.92 Å². The molecule has 1 unspecified atom stereocenters. The zero-order valence-corrected chi connectivity index (χ0v) is 12.2. The fourth-order valence-corrected chi connectivity index (χ4v) is 3.69. The van der Waals surface area contributed by atoms with Gasteiger partial charge in [-0.05, 0) is 45.1 Å². The Morgan fingerprint density at radius 3 is 2.58 bits per heavy atom. The molecule has 1 N–H and O–H groups in total. The van der Waals surface area contributed by atoms with E-state index in [0.29, 0.717) is 12.0 Å². The van der Waals surface area contributed by atoms with E-state index in [0.717, 1.165) is 24.8 Å². The summed E-state index contributed by atoms with van der Waals surface area (Å²) in [4.78, 5) is 0. The van der Waals surface area contributed by atoms with Crippen molar-refractivity contribution in [3.63, 3.8) is 0 Å². The Morgan fingerprint density at radius 1 is 1.11 bits per heavy atom. The van der Waals surface area contributed by atoms with E-state index in [9.17, 15) is 0 Å². The number of nitrogens with one attached hydrogen (secondary N) is 1. The van der Waals surface area contributed by atoms with Crippen molar-refractivity contribution >= 4 is 0 Å². The van der Waals surface area contributed by atoms with Gasteiger partial charge in [0, 0.05) is 18.5 Å². The second-order valence-electron chi connectivity index (χ2n) is 6.43. The van der Waals surface area contributed by atoms with E-state index in [1.165, 1.54) is 44.3 Å². The Hall–Kier alpha value is -0.900. The van der Waals surface area contributed by atoms with E-state index in [1.807, 2.05) is 0 Å². The molecule has 1 aromatic rings. The third-order valence-electron chi connectivity index (χ3n) is 4.91. The van der Waals surface area contributed by atoms with Crippen LogP contribution in [0.5, 0.6) is 0 Å². The molecule has 0 radical (unpaired) electrons. The molecular formula is C15H26N4. The molecule has 4 heteroatoms. The average Bonchev–Trinajstić information content (AvgIpc) is 2.82. The lowest BCUT2D eigenvalue weighted by molar-refractivity contribution is 0.309. The van der Waals surface area contributed by atoms with E-state index in [2.05, 4.69) is 33.9 Å². The smallest absolute Gasteiger partial charge is 0.136 e. The summed E-state index contributed by atoms with van der Waals surface area (Å²) >= 11 is 0. The first kappa shape index (κ1) is 13.1. The maximum absolute atomic E-state index is 4.52. The quantitative estimate of drug-likeness (QED) is 0.891. The van der Waals surface area contributed by atoms with Gasteiger partial charge in [0.2, 0.25) is 0 Å². The standard InChI is InChI=1S/C15H26N4/c1-11-5-7-13(8-6-11)15-18-17-12(2)19(15)14-4-3-9-16-10-14/h11,13-14,16H,3-10H2,1-2H3. The molecule has 0 bridgehead atoms. The van der Waals surface area contributed by atoms with E-state index < -0.39 is 0 Å². The second-order valence-corrected chi connectivity index (χ2v) is 6.43. The number of aromatic nitrogens is 3. The highest BCUT2D eigenvalue weighted by atomic mass is 15.3. The molecule has 2 fully saturated rings. The molecule has 2 aliphatic rings. The first-order chi connectivity index (χ1) is 9.25. The summed E-state index contributed by atoms with van der Waals surface area (Å²) in [5.74, 6) is 3.89. The third-order valence-corrected chi connectivity index (χ3v) is 4.91. The molecule has 106 valence electrons. The van der Waals surface area contributed by atoms with Crippen LogP contribution in [0.15, 0.2) is 0 Å². The molecular weight excluding hydrogens is 236 g/mol. The summed E-state index contributed by atoms with van der Waals surface area (Å²) in [5, 5.41) is 12.4. The molecule has 1 saturated heterocycles. The van der Waals surface area contributed by atoms with Gasteiger partial charge in [0.1, 0.15) is 11.6 Å². The Balaban J connectivity index is 1.81. The summed E-state index contributed by atoms with van der Waals surface area (Å²) in [6.07, 6.45) is 7.81. The minimum Gasteiger partial charge on any atom is -0.315 e. The van der Waals surface area contributed by atoms with Gasteiger partial charge in [-0.15, -0.1) is 10.2 Å². The molecule has 4 nitrogen and oxygen atoms in total. The van der Waals surface area contributed by atoms with Crippen LogP contribution >= 0.6 is 0 Å². The number of hydrogen-bond acceptors (Lipinski definition) is 3. The Labute approximate surface area is 116 Å². The largest absolute Gasteiger partial charge is 0.315 e. The summed E-state index contributed by atoms with van der Waals surface area (Å²) in [5.41, 5.74) is 0. The first-order valence-corrected chi connectivity index (χ1v) is 7.88. The highest BCUT2D eigenvalue weighted by molar-refractivity contribution is 5.05. The van der Waals surface area contributed by atoms with Crippen LogP contribution in [0.25, 0.3) is 0 Å². The SMILES string of the molecule is Cc1nnc(C2CCC(C)CC2)n1C1CCCNC1. The predicted molar refractivity (Wildman–Crippen MR) is 76.3 cm³/mol. The maximum atomic E-state index is 4.52. The van der Waals surface area contributed by atoms with Crippen molar-refractivity contribution in [1.29, 1.82) is 0 Å². The minimum atomic E-state index is 0.568. The molecule has 1 saturated carbocycles. The van der Waals surface area contributed by atoms with Crippen LogP contribution in [0.3, 0.4) is 0 Å². The normalized spacial score (nSPS) is 32.4. The van der Waals surface area contributed by atoms with Gasteiger partial charge in [0.05, 0.1) is 0 Å². The van der Waals surface area contributed by atoms with Gasteiger partial charge in [0.25, 0.3) is 0 Å². The highest BCUT2D eigenvalue weighted by Gasteiger charge is 2.28. The van der Waals surface area contributed by atoms with Crippen LogP contribution in [0.1, 0.15) is 69.1 Å². The fraction of sp³-hybridized carbons (Fsp3) is 0.867. The zero-order valence-electron chi connectivity index (χ0n) is 12.2. The molecule has 0 spiro atoms. The molecule has 1 atom stereocenters. The summed E-state index contributed by atoms with van der Waals surface area (Å²) in [7, 11) is 0. The molecule has 2 heterocycles. The molecule has 0 aromatic carbocycles. The van der Waals surface area contributed by atoms with Crippen molar-refractivity contribution in [3.05, 3.63) is 11.6 Å². The Morgan fingerprint density at radius 2 is 1.89 bits per heavy atom. The lowest BCUT2D eigenvalue weighted by Gasteiger charge is -2.30. The maximum Gasteiger partial charge on any atom is 0.136 e. The minimum absolute atomic E-state index is 0.568. The summed E-state index contributed by atoms with van der Waals surface area (Å²) in [6.45, 7) is 6.72. The number of nitrogens with zero attached hydrogens (tertiary/aromatic N) is 3. The molecule has 3 rings (SSSR count). The number of piperidine rings is 1. The monoisotopic (exact) mass is 262 g/mol. The Kier molecular flexibility index (Phi) is 3.87. The number of rotatable bonds is 2. The fourth-order valence-electron chi connectivity index (χ4n) is 3.69. The summed E-state index contributed by atoms with van der Waals surface area (Å²) < 4.78 is 2.44. The van der Waals surface area contributed by atoms with Gasteiger partial charge < -0.3 is 9.88 Å². The van der Waals surface area contributed by atoms with Crippen LogP contribution in [0.4, 0.5) is 0 Å². The molecule has 0 amide bonds. The molecule has 1 aromatic heterocycles. The number of hydrogen-bond donors (Lipinski definition) is 1. The average molecular weight is 262 g/mol. The van der Waals surface area contributed by atoms with E-state index in [-0.39, 0.29) is 0 Å². The van der Waals surface area contributed by atoms with Gasteiger partial charge in [-0.2, -0.15) is 0 Å². The lowest BCUT2D eigenvalue weighted by atomic mass is 9.82. The van der Waals surface area contributed by atoms with Crippen LogP contribution in [-0.4, -0.2) is 27.9 Å². The van der Waals surface area contributed by atoms with Gasteiger partial charge in [-0.1, -0.05) is 19.8 Å². The molecule has 19 heavy (non-hydrogen) atoms. The van der Waals surface area contributed by atoms with E-state index in [1.54, 1.807) is 0 Å². The summed E-state index contributed by atoms with van der Waals surface area (Å²) in [6, 6.07) is 0.568. The van der Waals surface area contributed by atoms with Crippen molar-refractivity contribution < 1.29 is 0 Å². The van der Waals surface area contributed by atoms with Crippen molar-refractivity contribution in [3.8, 4) is 0 Å². The topological polar surface area (TPSA) is 42.7 Å². The third kappa shape index (κ3) is 2.69. The van der Waals surface area contributed by atoms with Crippen LogP contribution in [-0.2, 0) is 0 Å². The van der Waals surface area contributed by atoms with E-state index >= 15 is 0 Å². The first-order valence-electron chi connectivity index (χ1n) is 7.88. The van der Waals surface area contributed by atoms with Gasteiger partial charge in [-0.25, -0.2) is 0 Å².